The summed E-state index contributed by atoms with van der Waals surface area (Å²) in [5.74, 6) is -0.582. The zero-order valence-corrected chi connectivity index (χ0v) is 15.7. The number of aromatic nitrogens is 1. The van der Waals surface area contributed by atoms with Gasteiger partial charge in [0, 0.05) is 27.3 Å². The van der Waals surface area contributed by atoms with E-state index in [1.165, 1.54) is 0 Å². The van der Waals surface area contributed by atoms with Crippen molar-refractivity contribution in [3.8, 4) is 0 Å². The predicted octanol–water partition coefficient (Wildman–Crippen LogP) is 4.36. The fourth-order valence-electron chi connectivity index (χ4n) is 2.64. The number of carbonyl (C=O) groups excluding carboxylic acids is 2. The Morgan fingerprint density at radius 2 is 1.96 bits per heavy atom. The van der Waals surface area contributed by atoms with Gasteiger partial charge in [-0.1, -0.05) is 24.3 Å². The van der Waals surface area contributed by atoms with Crippen LogP contribution < -0.4 is 5.32 Å². The Balaban J connectivity index is 1.86. The highest BCUT2D eigenvalue weighted by molar-refractivity contribution is 9.10. The summed E-state index contributed by atoms with van der Waals surface area (Å²) < 4.78 is 5.74. The molecule has 1 aromatic heterocycles. The molecule has 0 unspecified atom stereocenters. The fourth-order valence-corrected chi connectivity index (χ4v) is 3.22. The van der Waals surface area contributed by atoms with Crippen molar-refractivity contribution in [3.63, 3.8) is 0 Å². The van der Waals surface area contributed by atoms with Gasteiger partial charge in [-0.2, -0.15) is 0 Å². The van der Waals surface area contributed by atoms with Gasteiger partial charge in [0.05, 0.1) is 18.5 Å². The minimum Gasteiger partial charge on any atom is -0.466 e. The van der Waals surface area contributed by atoms with Crippen LogP contribution in [-0.4, -0.2) is 23.5 Å². The Labute approximate surface area is 159 Å². The first-order valence-corrected chi connectivity index (χ1v) is 8.97. The lowest BCUT2D eigenvalue weighted by molar-refractivity contribution is -0.142. The second-order valence-electron chi connectivity index (χ2n) is 5.63. The van der Waals surface area contributed by atoms with Crippen LogP contribution in [0.1, 0.15) is 22.8 Å². The second kappa shape index (κ2) is 8.10. The molecule has 1 amide bonds. The number of para-hydroxylation sites is 1. The largest absolute Gasteiger partial charge is 0.466 e. The summed E-state index contributed by atoms with van der Waals surface area (Å²) in [6, 6.07) is 14.4. The van der Waals surface area contributed by atoms with Crippen LogP contribution in [-0.2, 0) is 16.0 Å². The maximum atomic E-state index is 12.7. The van der Waals surface area contributed by atoms with Crippen molar-refractivity contribution in [2.45, 2.75) is 13.3 Å². The summed E-state index contributed by atoms with van der Waals surface area (Å²) in [7, 11) is 0. The lowest BCUT2D eigenvalue weighted by Gasteiger charge is -2.11. The molecule has 6 heteroatoms. The number of nitrogens with zero attached hydrogens (tertiary/aromatic N) is 1. The number of anilines is 1. The number of halogens is 1. The quantitative estimate of drug-likeness (QED) is 0.632. The lowest BCUT2D eigenvalue weighted by atomic mass is 10.1. The maximum Gasteiger partial charge on any atom is 0.310 e. The van der Waals surface area contributed by atoms with Gasteiger partial charge in [0.25, 0.3) is 5.91 Å². The average Bonchev–Trinajstić information content (AvgIpc) is 2.63. The topological polar surface area (TPSA) is 68.3 Å². The summed E-state index contributed by atoms with van der Waals surface area (Å²) >= 11 is 3.46. The van der Waals surface area contributed by atoms with Crippen LogP contribution in [0.5, 0.6) is 0 Å². The number of rotatable bonds is 5. The van der Waals surface area contributed by atoms with Crippen molar-refractivity contribution in [3.05, 3.63) is 70.3 Å². The van der Waals surface area contributed by atoms with Gasteiger partial charge in [-0.3, -0.25) is 14.6 Å². The number of nitrogens with one attached hydrogen (secondary N) is 1. The van der Waals surface area contributed by atoms with Gasteiger partial charge >= 0.3 is 5.97 Å². The number of hydrogen-bond donors (Lipinski definition) is 1. The molecule has 0 saturated carbocycles. The van der Waals surface area contributed by atoms with Crippen LogP contribution in [0.3, 0.4) is 0 Å². The van der Waals surface area contributed by atoms with Crippen molar-refractivity contribution in [1.29, 1.82) is 0 Å². The standard InChI is InChI=1S/C20H17BrN2O3/c1-2-26-18(24)12-13-6-3-4-8-17(13)23-20(25)15-10-14-7-5-9-22-19(14)16(21)11-15/h3-11H,2,12H2,1H3,(H,23,25). The number of amides is 1. The highest BCUT2D eigenvalue weighted by Crippen LogP contribution is 2.25. The van der Waals surface area contributed by atoms with Gasteiger partial charge in [-0.25, -0.2) is 0 Å². The normalized spacial score (nSPS) is 10.5. The molecule has 0 radical (unpaired) electrons. The minimum absolute atomic E-state index is 0.107. The molecule has 1 N–H and O–H groups in total. The van der Waals surface area contributed by atoms with E-state index in [2.05, 4.69) is 26.2 Å². The first kappa shape index (κ1) is 18.1. The van der Waals surface area contributed by atoms with Gasteiger partial charge < -0.3 is 10.1 Å². The van der Waals surface area contributed by atoms with E-state index in [4.69, 9.17) is 4.74 Å². The van der Waals surface area contributed by atoms with Gasteiger partial charge in [0.2, 0.25) is 0 Å². The molecule has 0 aliphatic rings. The molecule has 0 spiro atoms. The predicted molar refractivity (Wildman–Crippen MR) is 104 cm³/mol. The molecule has 2 aromatic carbocycles. The molecule has 26 heavy (non-hydrogen) atoms. The van der Waals surface area contributed by atoms with E-state index in [-0.39, 0.29) is 18.3 Å². The summed E-state index contributed by atoms with van der Waals surface area (Å²) in [6.45, 7) is 2.09. The number of esters is 1. The highest BCUT2D eigenvalue weighted by Gasteiger charge is 2.14. The van der Waals surface area contributed by atoms with E-state index in [9.17, 15) is 9.59 Å². The molecule has 3 rings (SSSR count). The van der Waals surface area contributed by atoms with Crippen LogP contribution in [0, 0.1) is 0 Å². The van der Waals surface area contributed by atoms with Crippen LogP contribution in [0.2, 0.25) is 0 Å². The second-order valence-corrected chi connectivity index (χ2v) is 6.48. The number of ether oxygens (including phenoxy) is 1. The number of benzene rings is 2. The van der Waals surface area contributed by atoms with Crippen molar-refractivity contribution in [2.24, 2.45) is 0 Å². The van der Waals surface area contributed by atoms with Crippen LogP contribution in [0.25, 0.3) is 10.9 Å². The lowest BCUT2D eigenvalue weighted by Crippen LogP contribution is -2.15. The molecule has 0 saturated heterocycles. The van der Waals surface area contributed by atoms with E-state index in [0.717, 1.165) is 15.4 Å². The van der Waals surface area contributed by atoms with Crippen LogP contribution in [0.4, 0.5) is 5.69 Å². The zero-order chi connectivity index (χ0) is 18.5. The third-order valence-electron chi connectivity index (χ3n) is 3.83. The van der Waals surface area contributed by atoms with E-state index >= 15 is 0 Å². The third-order valence-corrected chi connectivity index (χ3v) is 4.43. The molecule has 0 bridgehead atoms. The van der Waals surface area contributed by atoms with Gasteiger partial charge in [-0.05, 0) is 52.7 Å². The van der Waals surface area contributed by atoms with E-state index < -0.39 is 0 Å². The fraction of sp³-hybridized carbons (Fsp3) is 0.150. The van der Waals surface area contributed by atoms with Crippen molar-refractivity contribution < 1.29 is 14.3 Å². The molecule has 5 nitrogen and oxygen atoms in total. The van der Waals surface area contributed by atoms with Gasteiger partial charge in [0.1, 0.15) is 0 Å². The molecule has 0 fully saturated rings. The van der Waals surface area contributed by atoms with Crippen molar-refractivity contribution in [2.75, 3.05) is 11.9 Å². The summed E-state index contributed by atoms with van der Waals surface area (Å²) in [4.78, 5) is 28.8. The molecule has 0 aliphatic carbocycles. The zero-order valence-electron chi connectivity index (χ0n) is 14.2. The van der Waals surface area contributed by atoms with E-state index in [1.54, 1.807) is 37.4 Å². The first-order chi connectivity index (χ1) is 12.6. The Hall–Kier alpha value is -2.73. The van der Waals surface area contributed by atoms with E-state index in [1.807, 2.05) is 24.3 Å². The maximum absolute atomic E-state index is 12.7. The molecular weight excluding hydrogens is 396 g/mol. The van der Waals surface area contributed by atoms with Gasteiger partial charge in [0.15, 0.2) is 0 Å². The van der Waals surface area contributed by atoms with Crippen molar-refractivity contribution >= 4 is 44.4 Å². The molecule has 3 aromatic rings. The SMILES string of the molecule is CCOC(=O)Cc1ccccc1NC(=O)c1cc(Br)c2ncccc2c1. The highest BCUT2D eigenvalue weighted by atomic mass is 79.9. The summed E-state index contributed by atoms with van der Waals surface area (Å²) in [5.41, 5.74) is 2.60. The summed E-state index contributed by atoms with van der Waals surface area (Å²) in [5, 5.41) is 3.75. The molecular formula is C20H17BrN2O3. The van der Waals surface area contributed by atoms with Gasteiger partial charge in [-0.15, -0.1) is 0 Å². The van der Waals surface area contributed by atoms with Crippen LogP contribution in [0.15, 0.2) is 59.2 Å². The van der Waals surface area contributed by atoms with E-state index in [0.29, 0.717) is 23.4 Å². The number of carbonyl (C=O) groups is 2. The molecule has 1 heterocycles. The molecule has 0 aliphatic heterocycles. The Bertz CT molecular complexity index is 972. The first-order valence-electron chi connectivity index (χ1n) is 8.17. The number of hydrogen-bond acceptors (Lipinski definition) is 4. The molecule has 0 atom stereocenters. The Morgan fingerprint density at radius 1 is 1.15 bits per heavy atom. The Kier molecular flexibility index (Phi) is 5.63. The third kappa shape index (κ3) is 4.08. The van der Waals surface area contributed by atoms with Crippen molar-refractivity contribution in [1.82, 2.24) is 4.98 Å². The number of pyridine rings is 1. The number of fused-ring (bicyclic) bond motifs is 1. The smallest absolute Gasteiger partial charge is 0.310 e. The minimum atomic E-state index is -0.325. The monoisotopic (exact) mass is 412 g/mol. The Morgan fingerprint density at radius 3 is 2.77 bits per heavy atom. The molecule has 132 valence electrons. The summed E-state index contributed by atoms with van der Waals surface area (Å²) in [6.07, 6.45) is 1.81. The average molecular weight is 413 g/mol. The van der Waals surface area contributed by atoms with Crippen LogP contribution >= 0.6 is 15.9 Å².